The van der Waals surface area contributed by atoms with Crippen LogP contribution in [0.15, 0.2) is 40.8 Å². The van der Waals surface area contributed by atoms with Crippen molar-refractivity contribution in [3.8, 4) is 11.5 Å². The summed E-state index contributed by atoms with van der Waals surface area (Å²) in [5, 5.41) is 3.33. The summed E-state index contributed by atoms with van der Waals surface area (Å²) in [4.78, 5) is 17.4. The van der Waals surface area contributed by atoms with Gasteiger partial charge in [0.15, 0.2) is 5.58 Å². The minimum atomic E-state index is -0.408. The van der Waals surface area contributed by atoms with Crippen molar-refractivity contribution in [1.82, 2.24) is 4.98 Å². The summed E-state index contributed by atoms with van der Waals surface area (Å²) in [7, 11) is 0. The third kappa shape index (κ3) is 3.53. The topological polar surface area (TPSA) is 55.1 Å². The minimum absolute atomic E-state index is 0.0894. The fraction of sp³-hybridized carbons (Fsp3) is 0.440. The van der Waals surface area contributed by atoms with Gasteiger partial charge in [0.25, 0.3) is 0 Å². The Labute approximate surface area is 185 Å². The van der Waals surface area contributed by atoms with Gasteiger partial charge in [-0.3, -0.25) is 4.79 Å². The molecule has 4 nitrogen and oxygen atoms in total. The highest BCUT2D eigenvalue weighted by Crippen LogP contribution is 2.61. The average molecular weight is 439 g/mol. The fourth-order valence-corrected chi connectivity index (χ4v) is 7.08. The number of oxazole rings is 1. The number of hydrogen-bond donors (Lipinski definition) is 1. The second kappa shape index (κ2) is 7.06. The predicted molar refractivity (Wildman–Crippen MR) is 118 cm³/mol. The van der Waals surface area contributed by atoms with Crippen LogP contribution in [0.25, 0.3) is 22.6 Å². The molecule has 6 heteroatoms. The van der Waals surface area contributed by atoms with Gasteiger partial charge in [-0.05, 0) is 98.1 Å². The lowest BCUT2D eigenvalue weighted by atomic mass is 9.49. The van der Waals surface area contributed by atoms with Gasteiger partial charge in [0.05, 0.1) is 10.6 Å². The van der Waals surface area contributed by atoms with Gasteiger partial charge in [-0.15, -0.1) is 0 Å². The molecule has 3 aromatic rings. The van der Waals surface area contributed by atoms with E-state index in [1.165, 1.54) is 50.7 Å². The summed E-state index contributed by atoms with van der Waals surface area (Å²) in [6.07, 6.45) is 8.41. The number of hydrogen-bond acceptors (Lipinski definition) is 3. The first-order valence-corrected chi connectivity index (χ1v) is 11.5. The number of aromatic nitrogens is 1. The summed E-state index contributed by atoms with van der Waals surface area (Å²) in [6.45, 7) is 0. The summed E-state index contributed by atoms with van der Waals surface area (Å²) in [5.74, 6) is 2.52. The second-order valence-corrected chi connectivity index (χ2v) is 10.4. The molecule has 0 unspecified atom stereocenters. The van der Waals surface area contributed by atoms with Crippen LogP contribution in [0.1, 0.15) is 44.9 Å². The van der Waals surface area contributed by atoms with Crippen LogP contribution in [-0.2, 0) is 4.79 Å². The van der Waals surface area contributed by atoms with Crippen LogP contribution < -0.4 is 5.32 Å². The first kappa shape index (κ1) is 19.3. The summed E-state index contributed by atoms with van der Waals surface area (Å²) >= 11 is 6.14. The molecule has 2 aromatic carbocycles. The first-order valence-electron chi connectivity index (χ1n) is 11.1. The van der Waals surface area contributed by atoms with E-state index in [0.717, 1.165) is 17.8 Å². The highest BCUT2D eigenvalue weighted by Gasteiger charge is 2.51. The quantitative estimate of drug-likeness (QED) is 0.485. The van der Waals surface area contributed by atoms with Crippen molar-refractivity contribution in [2.75, 3.05) is 5.32 Å². The van der Waals surface area contributed by atoms with Crippen LogP contribution in [-0.4, -0.2) is 10.9 Å². The normalized spacial score (nSPS) is 28.9. The second-order valence-electron chi connectivity index (χ2n) is 9.97. The lowest BCUT2D eigenvalue weighted by Crippen LogP contribution is -2.47. The van der Waals surface area contributed by atoms with E-state index >= 15 is 0 Å². The molecule has 0 radical (unpaired) electrons. The molecule has 4 aliphatic rings. The molecule has 4 bridgehead atoms. The largest absolute Gasteiger partial charge is 0.436 e. The number of carbonyl (C=O) groups excluding carboxylic acids is 1. The monoisotopic (exact) mass is 438 g/mol. The van der Waals surface area contributed by atoms with Gasteiger partial charge in [0, 0.05) is 12.1 Å². The van der Waals surface area contributed by atoms with E-state index in [0.29, 0.717) is 34.7 Å². The van der Waals surface area contributed by atoms with E-state index < -0.39 is 5.82 Å². The molecular formula is C25H24ClFN2O2. The molecule has 4 saturated carbocycles. The van der Waals surface area contributed by atoms with Gasteiger partial charge in [-0.1, -0.05) is 11.6 Å². The van der Waals surface area contributed by atoms with Gasteiger partial charge in [-0.25, -0.2) is 9.37 Å². The Hall–Kier alpha value is -2.40. The Morgan fingerprint density at radius 1 is 1.10 bits per heavy atom. The van der Waals surface area contributed by atoms with E-state index in [9.17, 15) is 9.18 Å². The van der Waals surface area contributed by atoms with E-state index in [1.807, 2.05) is 12.1 Å². The van der Waals surface area contributed by atoms with Crippen molar-refractivity contribution < 1.29 is 13.6 Å². The lowest BCUT2D eigenvalue weighted by Gasteiger charge is -2.56. The number of halogens is 2. The van der Waals surface area contributed by atoms with E-state index in [1.54, 1.807) is 12.1 Å². The number of anilines is 1. The number of fused-ring (bicyclic) bond motifs is 1. The zero-order chi connectivity index (χ0) is 21.2. The van der Waals surface area contributed by atoms with Crippen LogP contribution in [0.3, 0.4) is 0 Å². The van der Waals surface area contributed by atoms with Crippen molar-refractivity contribution in [3.05, 3.63) is 47.2 Å². The van der Waals surface area contributed by atoms with Gasteiger partial charge in [0.2, 0.25) is 11.8 Å². The van der Waals surface area contributed by atoms with Crippen LogP contribution in [0.2, 0.25) is 5.02 Å². The number of nitrogens with zero attached hydrogens (tertiary/aromatic N) is 1. The molecule has 0 aliphatic heterocycles. The number of carbonyl (C=O) groups is 1. The molecule has 0 saturated heterocycles. The smallest absolute Gasteiger partial charge is 0.228 e. The van der Waals surface area contributed by atoms with Crippen molar-refractivity contribution >= 4 is 34.3 Å². The van der Waals surface area contributed by atoms with Crippen molar-refractivity contribution in [2.24, 2.45) is 23.2 Å². The van der Waals surface area contributed by atoms with Crippen LogP contribution in [0, 0.1) is 29.0 Å². The maximum Gasteiger partial charge on any atom is 0.228 e. The minimum Gasteiger partial charge on any atom is -0.436 e. The highest BCUT2D eigenvalue weighted by molar-refractivity contribution is 6.33. The third-order valence-electron chi connectivity index (χ3n) is 7.53. The number of nitrogens with one attached hydrogen (secondary N) is 1. The molecule has 31 heavy (non-hydrogen) atoms. The molecule has 4 aliphatic carbocycles. The summed E-state index contributed by atoms with van der Waals surface area (Å²) in [6, 6.07) is 9.56. The standard InChI is InChI=1S/C25H24ClFN2O2/c26-20-8-17(27)1-3-19(20)24-29-21-9-18(2-4-22(21)31-24)28-23(30)13-25-10-14-5-15(11-25)7-16(6-14)12-25/h1-4,8-9,14-16H,5-7,10-13H2,(H,28,30). The molecule has 4 fully saturated rings. The average Bonchev–Trinajstić information content (AvgIpc) is 3.09. The summed E-state index contributed by atoms with van der Waals surface area (Å²) in [5.41, 5.74) is 2.68. The van der Waals surface area contributed by atoms with Crippen molar-refractivity contribution in [2.45, 2.75) is 44.9 Å². The number of rotatable bonds is 4. The molecule has 0 atom stereocenters. The SMILES string of the molecule is O=C(CC12CC3CC(CC(C3)C1)C2)Nc1ccc2oc(-c3ccc(F)cc3Cl)nc2c1. The Balaban J connectivity index is 1.20. The molecule has 0 spiro atoms. The molecule has 160 valence electrons. The third-order valence-corrected chi connectivity index (χ3v) is 7.85. The van der Waals surface area contributed by atoms with Gasteiger partial charge in [-0.2, -0.15) is 0 Å². The Kier molecular flexibility index (Phi) is 4.39. The molecular weight excluding hydrogens is 415 g/mol. The highest BCUT2D eigenvalue weighted by atomic mass is 35.5. The molecule has 1 amide bonds. The maximum absolute atomic E-state index is 13.3. The number of benzene rings is 2. The van der Waals surface area contributed by atoms with Crippen LogP contribution in [0.4, 0.5) is 10.1 Å². The van der Waals surface area contributed by atoms with Crippen LogP contribution in [0.5, 0.6) is 0 Å². The van der Waals surface area contributed by atoms with Gasteiger partial charge < -0.3 is 9.73 Å². The zero-order valence-electron chi connectivity index (χ0n) is 17.2. The predicted octanol–water partition coefficient (Wildman–Crippen LogP) is 6.83. The van der Waals surface area contributed by atoms with Gasteiger partial charge in [0.1, 0.15) is 11.3 Å². The van der Waals surface area contributed by atoms with Crippen molar-refractivity contribution in [3.63, 3.8) is 0 Å². The van der Waals surface area contributed by atoms with E-state index in [4.69, 9.17) is 16.0 Å². The molecule has 7 rings (SSSR count). The molecule has 1 heterocycles. The number of amides is 1. The zero-order valence-corrected chi connectivity index (χ0v) is 17.9. The van der Waals surface area contributed by atoms with Crippen LogP contribution >= 0.6 is 11.6 Å². The summed E-state index contributed by atoms with van der Waals surface area (Å²) < 4.78 is 19.1. The van der Waals surface area contributed by atoms with E-state index in [2.05, 4.69) is 10.3 Å². The lowest BCUT2D eigenvalue weighted by molar-refractivity contribution is -0.124. The van der Waals surface area contributed by atoms with Gasteiger partial charge >= 0.3 is 0 Å². The molecule has 1 N–H and O–H groups in total. The Morgan fingerprint density at radius 3 is 2.48 bits per heavy atom. The molecule has 1 aromatic heterocycles. The maximum atomic E-state index is 13.3. The first-order chi connectivity index (χ1) is 14.9. The van der Waals surface area contributed by atoms with E-state index in [-0.39, 0.29) is 16.3 Å². The van der Waals surface area contributed by atoms with Crippen molar-refractivity contribution in [1.29, 1.82) is 0 Å². The Morgan fingerprint density at radius 2 is 1.81 bits per heavy atom. The Bertz CT molecular complexity index is 1150. The fourth-order valence-electron chi connectivity index (χ4n) is 6.84.